The molecule has 1 unspecified atom stereocenters. The van der Waals surface area contributed by atoms with Crippen LogP contribution >= 0.6 is 0 Å². The predicted octanol–water partition coefficient (Wildman–Crippen LogP) is 2.93. The van der Waals surface area contributed by atoms with Gasteiger partial charge in [0.05, 0.1) is 5.69 Å². The van der Waals surface area contributed by atoms with Gasteiger partial charge in [0.1, 0.15) is 5.69 Å². The molecule has 0 radical (unpaired) electrons. The van der Waals surface area contributed by atoms with Gasteiger partial charge in [-0.3, -0.25) is 9.59 Å². The van der Waals surface area contributed by atoms with E-state index >= 15 is 0 Å². The first-order valence-electron chi connectivity index (χ1n) is 9.48. The highest BCUT2D eigenvalue weighted by Gasteiger charge is 2.37. The summed E-state index contributed by atoms with van der Waals surface area (Å²) in [6, 6.07) is 10.8. The van der Waals surface area contributed by atoms with E-state index in [1.165, 1.54) is 10.7 Å². The van der Waals surface area contributed by atoms with Crippen LogP contribution in [0, 0.1) is 5.41 Å². The van der Waals surface area contributed by atoms with E-state index < -0.39 is 5.91 Å². The Labute approximate surface area is 158 Å². The van der Waals surface area contributed by atoms with Crippen molar-refractivity contribution >= 4 is 11.8 Å². The second-order valence-electron chi connectivity index (χ2n) is 7.57. The zero-order valence-electron chi connectivity index (χ0n) is 15.3. The van der Waals surface area contributed by atoms with Crippen LogP contribution in [0.2, 0.25) is 0 Å². The normalized spacial score (nSPS) is 22.1. The minimum absolute atomic E-state index is 0.124. The number of amides is 2. The fourth-order valence-electron chi connectivity index (χ4n) is 4.28. The lowest BCUT2D eigenvalue weighted by atomic mass is 9.71. The zero-order chi connectivity index (χ0) is 18.9. The Hall–Kier alpha value is -2.89. The Morgan fingerprint density at radius 2 is 1.93 bits per heavy atom. The number of piperidine rings is 1. The molecule has 2 heterocycles. The number of carbonyl (C=O) groups is 2. The lowest BCUT2D eigenvalue weighted by Crippen LogP contribution is -2.46. The number of likely N-dealkylation sites (tertiary alicyclic amines) is 1. The van der Waals surface area contributed by atoms with E-state index in [-0.39, 0.29) is 22.7 Å². The third kappa shape index (κ3) is 3.39. The molecule has 1 aromatic carbocycles. The molecule has 1 atom stereocenters. The number of primary amides is 1. The van der Waals surface area contributed by atoms with Gasteiger partial charge < -0.3 is 10.6 Å². The van der Waals surface area contributed by atoms with E-state index in [2.05, 4.69) is 17.3 Å². The van der Waals surface area contributed by atoms with Gasteiger partial charge >= 0.3 is 0 Å². The van der Waals surface area contributed by atoms with Crippen LogP contribution in [0.15, 0.2) is 48.6 Å². The molecule has 6 heteroatoms. The number of hydrogen-bond donors (Lipinski definition) is 1. The summed E-state index contributed by atoms with van der Waals surface area (Å²) in [7, 11) is 0. The Balaban J connectivity index is 1.62. The summed E-state index contributed by atoms with van der Waals surface area (Å²) in [4.78, 5) is 26.9. The van der Waals surface area contributed by atoms with E-state index in [9.17, 15) is 9.59 Å². The number of nitrogens with zero attached hydrogens (tertiary/aromatic N) is 3. The van der Waals surface area contributed by atoms with Gasteiger partial charge in [0.25, 0.3) is 11.8 Å². The summed E-state index contributed by atoms with van der Waals surface area (Å²) in [5.74, 6) is -0.723. The number of rotatable bonds is 3. The number of aromatic nitrogens is 2. The molecule has 1 spiro atoms. The smallest absolute Gasteiger partial charge is 0.274 e. The maximum absolute atomic E-state index is 13.1. The summed E-state index contributed by atoms with van der Waals surface area (Å²) in [6.07, 6.45) is 9.86. The Morgan fingerprint density at radius 1 is 1.11 bits per heavy atom. The molecular weight excluding hydrogens is 340 g/mol. The highest BCUT2D eigenvalue weighted by atomic mass is 16.2. The second-order valence-corrected chi connectivity index (χ2v) is 7.57. The van der Waals surface area contributed by atoms with Crippen LogP contribution in [-0.4, -0.2) is 39.6 Å². The van der Waals surface area contributed by atoms with Gasteiger partial charge in [-0.25, -0.2) is 4.68 Å². The van der Waals surface area contributed by atoms with Crippen LogP contribution in [0.3, 0.4) is 0 Å². The number of allylic oxidation sites excluding steroid dienone is 2. The second kappa shape index (κ2) is 7.02. The maximum Gasteiger partial charge on any atom is 0.274 e. The molecule has 6 nitrogen and oxygen atoms in total. The Bertz CT molecular complexity index is 887. The molecule has 2 amide bonds. The number of benzene rings is 1. The third-order valence-electron chi connectivity index (χ3n) is 5.69. The van der Waals surface area contributed by atoms with Crippen molar-refractivity contribution in [3.63, 3.8) is 0 Å². The molecule has 2 aliphatic rings. The summed E-state index contributed by atoms with van der Waals surface area (Å²) < 4.78 is 1.46. The van der Waals surface area contributed by atoms with E-state index in [1.54, 1.807) is 0 Å². The fraction of sp³-hybridized carbons (Fsp3) is 0.381. The van der Waals surface area contributed by atoms with Crippen LogP contribution in [0.5, 0.6) is 0 Å². The molecule has 0 saturated carbocycles. The lowest BCUT2D eigenvalue weighted by molar-refractivity contribution is 0.0478. The molecule has 4 rings (SSSR count). The van der Waals surface area contributed by atoms with Gasteiger partial charge in [-0.05, 0) is 49.7 Å². The summed E-state index contributed by atoms with van der Waals surface area (Å²) in [5, 5.41) is 4.42. The van der Waals surface area contributed by atoms with Crippen LogP contribution in [0.25, 0.3) is 5.69 Å². The van der Waals surface area contributed by atoms with Gasteiger partial charge in [0.15, 0.2) is 5.69 Å². The van der Waals surface area contributed by atoms with Crippen LogP contribution in [0.1, 0.15) is 53.1 Å². The minimum Gasteiger partial charge on any atom is -0.364 e. The molecule has 1 fully saturated rings. The first-order chi connectivity index (χ1) is 13.1. The fourth-order valence-corrected chi connectivity index (χ4v) is 4.28. The summed E-state index contributed by atoms with van der Waals surface area (Å²) in [6.45, 7) is 1.48. The number of nitrogens with two attached hydrogens (primary N) is 1. The van der Waals surface area contributed by atoms with Crippen LogP contribution < -0.4 is 5.73 Å². The summed E-state index contributed by atoms with van der Waals surface area (Å²) >= 11 is 0. The molecular formula is C21H24N4O2. The monoisotopic (exact) mass is 364 g/mol. The largest absolute Gasteiger partial charge is 0.364 e. The Morgan fingerprint density at radius 3 is 2.63 bits per heavy atom. The lowest BCUT2D eigenvalue weighted by Gasteiger charge is -2.43. The highest BCUT2D eigenvalue weighted by Crippen LogP contribution is 2.41. The number of hydrogen-bond acceptors (Lipinski definition) is 3. The molecule has 2 N–H and O–H groups in total. The van der Waals surface area contributed by atoms with Crippen molar-refractivity contribution in [3.05, 3.63) is 59.9 Å². The van der Waals surface area contributed by atoms with Crippen LogP contribution in [-0.2, 0) is 0 Å². The van der Waals surface area contributed by atoms with Gasteiger partial charge in [-0.15, -0.1) is 0 Å². The summed E-state index contributed by atoms with van der Waals surface area (Å²) in [5.41, 5.74) is 6.91. The van der Waals surface area contributed by atoms with Crippen molar-refractivity contribution in [1.82, 2.24) is 14.7 Å². The zero-order valence-corrected chi connectivity index (χ0v) is 15.3. The topological polar surface area (TPSA) is 81.2 Å². The van der Waals surface area contributed by atoms with Crippen molar-refractivity contribution in [3.8, 4) is 5.69 Å². The standard InChI is InChI=1S/C21H24N4O2/c22-19(26)18-14-17(23-25(18)16-8-3-1-4-9-16)20(27)24-13-7-12-21(15-24)10-5-2-6-11-21/h1-5,8-9,14H,6-7,10-13,15H2,(H2,22,26). The average Bonchev–Trinajstić information content (AvgIpc) is 3.14. The molecule has 1 aromatic heterocycles. The van der Waals surface area contributed by atoms with E-state index in [0.717, 1.165) is 45.2 Å². The molecule has 2 aromatic rings. The molecule has 0 bridgehead atoms. The van der Waals surface area contributed by atoms with Crippen molar-refractivity contribution in [2.75, 3.05) is 13.1 Å². The molecule has 1 saturated heterocycles. The Kier molecular flexibility index (Phi) is 4.56. The first kappa shape index (κ1) is 17.5. The predicted molar refractivity (Wildman–Crippen MR) is 103 cm³/mol. The average molecular weight is 364 g/mol. The van der Waals surface area contributed by atoms with E-state index in [1.807, 2.05) is 35.2 Å². The quantitative estimate of drug-likeness (QED) is 0.850. The molecule has 1 aliphatic carbocycles. The van der Waals surface area contributed by atoms with Gasteiger partial charge in [-0.2, -0.15) is 5.10 Å². The van der Waals surface area contributed by atoms with Gasteiger partial charge in [0, 0.05) is 19.2 Å². The highest BCUT2D eigenvalue weighted by molar-refractivity contribution is 5.97. The van der Waals surface area contributed by atoms with E-state index in [4.69, 9.17) is 5.73 Å². The third-order valence-corrected chi connectivity index (χ3v) is 5.69. The van der Waals surface area contributed by atoms with Gasteiger partial charge in [0.2, 0.25) is 0 Å². The molecule has 140 valence electrons. The van der Waals surface area contributed by atoms with Crippen molar-refractivity contribution in [1.29, 1.82) is 0 Å². The molecule has 1 aliphatic heterocycles. The van der Waals surface area contributed by atoms with Crippen molar-refractivity contribution < 1.29 is 9.59 Å². The van der Waals surface area contributed by atoms with Crippen molar-refractivity contribution in [2.45, 2.75) is 32.1 Å². The SMILES string of the molecule is NC(=O)c1cc(C(=O)N2CCCC3(CC=CCC3)C2)nn1-c1ccccc1. The first-order valence-corrected chi connectivity index (χ1v) is 9.48. The number of carbonyl (C=O) groups excluding carboxylic acids is 2. The maximum atomic E-state index is 13.1. The number of para-hydroxylation sites is 1. The van der Waals surface area contributed by atoms with Gasteiger partial charge in [-0.1, -0.05) is 30.4 Å². The van der Waals surface area contributed by atoms with Crippen LogP contribution in [0.4, 0.5) is 0 Å². The van der Waals surface area contributed by atoms with Crippen molar-refractivity contribution in [2.24, 2.45) is 11.1 Å². The molecule has 27 heavy (non-hydrogen) atoms. The minimum atomic E-state index is -0.599. The van der Waals surface area contributed by atoms with E-state index in [0.29, 0.717) is 5.69 Å².